The van der Waals surface area contributed by atoms with Crippen LogP contribution in [-0.4, -0.2) is 35.2 Å². The maximum absolute atomic E-state index is 13.6. The fourth-order valence-electron chi connectivity index (χ4n) is 3.46. The number of carbonyl (C=O) groups is 1. The minimum absolute atomic E-state index is 0.0297. The number of carbonyl (C=O) groups excluding carboxylic acids is 1. The molecule has 5 heteroatoms. The van der Waals surface area contributed by atoms with Gasteiger partial charge >= 0.3 is 0 Å². The number of ether oxygens (including phenoxy) is 1. The number of hydrogen-bond acceptors (Lipinski definition) is 2. The molecule has 2 fully saturated rings. The number of benzene rings is 1. The second kappa shape index (κ2) is 5.62. The lowest BCUT2D eigenvalue weighted by atomic mass is 10.0. The lowest BCUT2D eigenvalue weighted by Crippen LogP contribution is -2.51. The monoisotopic (exact) mass is 295 g/mol. The third-order valence-electron chi connectivity index (χ3n) is 4.42. The first-order chi connectivity index (χ1) is 10.1. The summed E-state index contributed by atoms with van der Waals surface area (Å²) in [5, 5.41) is 0. The molecule has 21 heavy (non-hydrogen) atoms. The van der Waals surface area contributed by atoms with Gasteiger partial charge in [0.15, 0.2) is 17.7 Å². The lowest BCUT2D eigenvalue weighted by Gasteiger charge is -2.37. The van der Waals surface area contributed by atoms with E-state index in [0.717, 1.165) is 12.8 Å². The van der Waals surface area contributed by atoms with Gasteiger partial charge in [-0.2, -0.15) is 0 Å². The topological polar surface area (TPSA) is 29.5 Å². The van der Waals surface area contributed by atoms with Crippen LogP contribution in [0.15, 0.2) is 24.3 Å². The van der Waals surface area contributed by atoms with Crippen LogP contribution in [0.5, 0.6) is 5.75 Å². The molecular formula is C16H19F2NO2. The van der Waals surface area contributed by atoms with Gasteiger partial charge < -0.3 is 9.64 Å². The van der Waals surface area contributed by atoms with E-state index in [-0.39, 0.29) is 23.7 Å². The highest BCUT2D eigenvalue weighted by molar-refractivity contribution is 5.82. The Morgan fingerprint density at radius 3 is 2.52 bits per heavy atom. The van der Waals surface area contributed by atoms with Crippen LogP contribution in [0.4, 0.5) is 8.78 Å². The third-order valence-corrected chi connectivity index (χ3v) is 4.42. The van der Waals surface area contributed by atoms with Crippen molar-refractivity contribution in [2.45, 2.75) is 57.0 Å². The first-order valence-corrected chi connectivity index (χ1v) is 7.43. The van der Waals surface area contributed by atoms with Crippen molar-refractivity contribution in [1.29, 1.82) is 0 Å². The van der Waals surface area contributed by atoms with Crippen molar-refractivity contribution in [1.82, 2.24) is 4.90 Å². The Morgan fingerprint density at radius 1 is 1.29 bits per heavy atom. The molecule has 0 saturated carbocycles. The summed E-state index contributed by atoms with van der Waals surface area (Å²) in [5.41, 5.74) is 0. The van der Waals surface area contributed by atoms with Crippen molar-refractivity contribution in [3.05, 3.63) is 30.1 Å². The molecule has 0 radical (unpaired) electrons. The molecule has 2 aliphatic heterocycles. The standard InChI is InChI=1S/C16H19F2NO2/c1-10(21-15-5-3-2-4-14(15)18)16(20)19-12-6-7-13(19)9-11(17)8-12/h2-5,10-13H,6-9H2,1H3. The highest BCUT2D eigenvalue weighted by Gasteiger charge is 2.44. The molecule has 0 N–H and O–H groups in total. The van der Waals surface area contributed by atoms with Crippen molar-refractivity contribution in [3.63, 3.8) is 0 Å². The van der Waals surface area contributed by atoms with Gasteiger partial charge in [-0.1, -0.05) is 12.1 Å². The van der Waals surface area contributed by atoms with E-state index in [9.17, 15) is 13.6 Å². The zero-order valence-electron chi connectivity index (χ0n) is 12.0. The van der Waals surface area contributed by atoms with Gasteiger partial charge in [0, 0.05) is 12.1 Å². The van der Waals surface area contributed by atoms with E-state index in [1.54, 1.807) is 24.0 Å². The first kappa shape index (κ1) is 14.3. The molecular weight excluding hydrogens is 276 g/mol. The van der Waals surface area contributed by atoms with Crippen LogP contribution in [0.3, 0.4) is 0 Å². The Bertz CT molecular complexity index is 523. The molecule has 1 aromatic rings. The van der Waals surface area contributed by atoms with E-state index in [2.05, 4.69) is 0 Å². The normalized spacial score (nSPS) is 29.3. The van der Waals surface area contributed by atoms with Crippen LogP contribution in [0.25, 0.3) is 0 Å². The summed E-state index contributed by atoms with van der Waals surface area (Å²) in [6, 6.07) is 5.97. The molecule has 114 valence electrons. The highest BCUT2D eigenvalue weighted by Crippen LogP contribution is 2.37. The molecule has 1 aromatic carbocycles. The van der Waals surface area contributed by atoms with E-state index >= 15 is 0 Å². The molecule has 3 atom stereocenters. The molecule has 1 amide bonds. The van der Waals surface area contributed by atoms with Crippen LogP contribution in [0, 0.1) is 5.82 Å². The average molecular weight is 295 g/mol. The molecule has 2 aliphatic rings. The second-order valence-corrected chi connectivity index (χ2v) is 5.89. The van der Waals surface area contributed by atoms with Gasteiger partial charge in [-0.05, 0) is 44.7 Å². The Kier molecular flexibility index (Phi) is 3.83. The number of nitrogens with zero attached hydrogens (tertiary/aromatic N) is 1. The fraction of sp³-hybridized carbons (Fsp3) is 0.562. The van der Waals surface area contributed by atoms with Crippen molar-refractivity contribution < 1.29 is 18.3 Å². The molecule has 3 rings (SSSR count). The van der Waals surface area contributed by atoms with Crippen LogP contribution < -0.4 is 4.74 Å². The van der Waals surface area contributed by atoms with Crippen LogP contribution in [0.1, 0.15) is 32.6 Å². The Labute approximate surface area is 122 Å². The zero-order chi connectivity index (χ0) is 15.0. The summed E-state index contributed by atoms with van der Waals surface area (Å²) >= 11 is 0. The first-order valence-electron chi connectivity index (χ1n) is 7.43. The smallest absolute Gasteiger partial charge is 0.263 e. The number of fused-ring (bicyclic) bond motifs is 2. The Hall–Kier alpha value is -1.65. The van der Waals surface area contributed by atoms with E-state index in [1.165, 1.54) is 12.1 Å². The van der Waals surface area contributed by atoms with Gasteiger partial charge in [0.1, 0.15) is 6.17 Å². The molecule has 2 heterocycles. The van der Waals surface area contributed by atoms with Gasteiger partial charge in [-0.15, -0.1) is 0 Å². The zero-order valence-corrected chi connectivity index (χ0v) is 12.0. The summed E-state index contributed by atoms with van der Waals surface area (Å²) in [6.07, 6.45) is 0.950. The minimum Gasteiger partial charge on any atom is -0.478 e. The highest BCUT2D eigenvalue weighted by atomic mass is 19.1. The van der Waals surface area contributed by atoms with Crippen LogP contribution >= 0.6 is 0 Å². The predicted octanol–water partition coefficient (Wildman–Crippen LogP) is 3.08. The number of rotatable bonds is 3. The van der Waals surface area contributed by atoms with E-state index < -0.39 is 18.1 Å². The quantitative estimate of drug-likeness (QED) is 0.857. The number of halogens is 2. The van der Waals surface area contributed by atoms with Gasteiger partial charge in [0.25, 0.3) is 5.91 Å². The van der Waals surface area contributed by atoms with Gasteiger partial charge in [-0.3, -0.25) is 4.79 Å². The summed E-state index contributed by atoms with van der Waals surface area (Å²) in [5.74, 6) is -0.577. The van der Waals surface area contributed by atoms with Gasteiger partial charge in [0.05, 0.1) is 0 Å². The Morgan fingerprint density at radius 2 is 1.90 bits per heavy atom. The predicted molar refractivity (Wildman–Crippen MR) is 74.3 cm³/mol. The average Bonchev–Trinajstić information content (AvgIpc) is 2.72. The largest absolute Gasteiger partial charge is 0.478 e. The van der Waals surface area contributed by atoms with E-state index in [1.807, 2.05) is 0 Å². The molecule has 0 aliphatic carbocycles. The SMILES string of the molecule is CC(Oc1ccccc1F)C(=O)N1C2CCC1CC(F)C2. The molecule has 0 aromatic heterocycles. The van der Waals surface area contributed by atoms with E-state index in [4.69, 9.17) is 4.74 Å². The third kappa shape index (κ3) is 2.74. The maximum Gasteiger partial charge on any atom is 0.263 e. The number of amides is 1. The van der Waals surface area contributed by atoms with E-state index in [0.29, 0.717) is 12.8 Å². The number of para-hydroxylation sites is 1. The molecule has 2 saturated heterocycles. The van der Waals surface area contributed by atoms with Crippen molar-refractivity contribution >= 4 is 5.91 Å². The summed E-state index contributed by atoms with van der Waals surface area (Å²) in [6.45, 7) is 1.62. The minimum atomic E-state index is -0.811. The van der Waals surface area contributed by atoms with Crippen molar-refractivity contribution in [3.8, 4) is 5.75 Å². The second-order valence-electron chi connectivity index (χ2n) is 5.89. The lowest BCUT2D eigenvalue weighted by molar-refractivity contribution is -0.143. The van der Waals surface area contributed by atoms with Crippen molar-refractivity contribution in [2.24, 2.45) is 0 Å². The molecule has 3 unspecified atom stereocenters. The Balaban J connectivity index is 1.69. The fourth-order valence-corrected chi connectivity index (χ4v) is 3.46. The number of piperidine rings is 1. The van der Waals surface area contributed by atoms with Gasteiger partial charge in [-0.25, -0.2) is 8.78 Å². The summed E-state index contributed by atoms with van der Waals surface area (Å²) < 4.78 is 32.6. The van der Waals surface area contributed by atoms with Crippen LogP contribution in [-0.2, 0) is 4.79 Å². The summed E-state index contributed by atoms with van der Waals surface area (Å²) in [4.78, 5) is 14.3. The molecule has 3 nitrogen and oxygen atoms in total. The summed E-state index contributed by atoms with van der Waals surface area (Å²) in [7, 11) is 0. The number of hydrogen-bond donors (Lipinski definition) is 0. The maximum atomic E-state index is 13.6. The van der Waals surface area contributed by atoms with Crippen molar-refractivity contribution in [2.75, 3.05) is 0 Å². The number of alkyl halides is 1. The molecule has 0 spiro atoms. The molecule has 2 bridgehead atoms. The van der Waals surface area contributed by atoms with Crippen LogP contribution in [0.2, 0.25) is 0 Å². The van der Waals surface area contributed by atoms with Gasteiger partial charge in [0.2, 0.25) is 0 Å².